The predicted molar refractivity (Wildman–Crippen MR) is 65.2 cm³/mol. The Kier molecular flexibility index (Phi) is 3.14. The summed E-state index contributed by atoms with van der Waals surface area (Å²) in [6.07, 6.45) is 3.28. The van der Waals surface area contributed by atoms with E-state index in [0.29, 0.717) is 36.3 Å². The quantitative estimate of drug-likeness (QED) is 0.732. The lowest BCUT2D eigenvalue weighted by Crippen LogP contribution is -2.36. The summed E-state index contributed by atoms with van der Waals surface area (Å²) in [6, 6.07) is 0. The molecule has 0 unspecified atom stereocenters. The Morgan fingerprint density at radius 2 is 2.00 bits per heavy atom. The molecule has 0 saturated heterocycles. The van der Waals surface area contributed by atoms with Gasteiger partial charge in [0.25, 0.3) is 5.56 Å². The summed E-state index contributed by atoms with van der Waals surface area (Å²) >= 11 is 0. The average molecular weight is 249 g/mol. The smallest absolute Gasteiger partial charge is 0.332 e. The Labute approximate surface area is 102 Å². The Morgan fingerprint density at radius 3 is 2.67 bits per heavy atom. The van der Waals surface area contributed by atoms with Crippen LogP contribution >= 0.6 is 0 Å². The van der Waals surface area contributed by atoms with Crippen LogP contribution < -0.4 is 11.2 Å². The van der Waals surface area contributed by atoms with Gasteiger partial charge in [0.05, 0.1) is 0 Å². The lowest BCUT2D eigenvalue weighted by Gasteiger charge is -2.00. The van der Waals surface area contributed by atoms with Gasteiger partial charge in [-0.2, -0.15) is 0 Å². The van der Waals surface area contributed by atoms with Crippen LogP contribution in [0, 0.1) is 0 Å². The number of H-pyrrole nitrogens is 1. The molecule has 7 nitrogen and oxygen atoms in total. The summed E-state index contributed by atoms with van der Waals surface area (Å²) in [5.74, 6) is 0.596. The molecule has 7 heteroatoms. The Hall–Kier alpha value is -2.18. The zero-order chi connectivity index (χ0) is 13.3. The second-order valence-electron chi connectivity index (χ2n) is 4.09. The first-order valence-corrected chi connectivity index (χ1v) is 5.56. The molecule has 2 aromatic heterocycles. The van der Waals surface area contributed by atoms with E-state index < -0.39 is 11.2 Å². The average Bonchev–Trinajstić information content (AvgIpc) is 2.78. The zero-order valence-electron chi connectivity index (χ0n) is 10.2. The van der Waals surface area contributed by atoms with Gasteiger partial charge in [-0.05, 0) is 6.42 Å². The molecule has 0 saturated carbocycles. The highest BCUT2D eigenvalue weighted by atomic mass is 16.2. The number of imidazole rings is 1. The molecule has 2 heterocycles. The minimum absolute atomic E-state index is 0.310. The fraction of sp³-hybridized carbons (Fsp3) is 0.455. The maximum absolute atomic E-state index is 11.9. The molecule has 0 aliphatic carbocycles. The van der Waals surface area contributed by atoms with Gasteiger partial charge in [0.1, 0.15) is 11.3 Å². The van der Waals surface area contributed by atoms with E-state index in [4.69, 9.17) is 0 Å². The lowest BCUT2D eigenvalue weighted by molar-refractivity contribution is 0.548. The van der Waals surface area contributed by atoms with Crippen molar-refractivity contribution >= 4 is 17.5 Å². The molecule has 2 rings (SSSR count). The van der Waals surface area contributed by atoms with Crippen molar-refractivity contribution in [3.63, 3.8) is 0 Å². The van der Waals surface area contributed by atoms with Crippen LogP contribution in [0.1, 0.15) is 18.7 Å². The minimum Gasteiger partial charge on any atom is -0.336 e. The monoisotopic (exact) mass is 249 g/mol. The number of carbonyl (C=O) groups excluding carboxylic acids is 1. The molecule has 0 bridgehead atoms. The summed E-state index contributed by atoms with van der Waals surface area (Å²) in [6.45, 7) is 0. The molecule has 0 aromatic carbocycles. The summed E-state index contributed by atoms with van der Waals surface area (Å²) in [4.78, 5) is 40.8. The maximum atomic E-state index is 11.9. The highest BCUT2D eigenvalue weighted by Gasteiger charge is 2.12. The molecular formula is C11H13N4O3. The van der Waals surface area contributed by atoms with Gasteiger partial charge in [-0.25, -0.2) is 9.78 Å². The van der Waals surface area contributed by atoms with Crippen molar-refractivity contribution in [1.29, 1.82) is 0 Å². The number of hydrogen-bond donors (Lipinski definition) is 1. The van der Waals surface area contributed by atoms with Crippen LogP contribution in [0.2, 0.25) is 0 Å². The Bertz CT molecular complexity index is 707. The van der Waals surface area contributed by atoms with Crippen LogP contribution in [0.15, 0.2) is 9.59 Å². The third-order valence-electron chi connectivity index (χ3n) is 2.84. The van der Waals surface area contributed by atoms with Gasteiger partial charge < -0.3 is 4.98 Å². The number of aryl methyl sites for hydroxylation is 2. The van der Waals surface area contributed by atoms with Crippen LogP contribution in [-0.2, 0) is 25.3 Å². The summed E-state index contributed by atoms with van der Waals surface area (Å²) in [7, 11) is 2.99. The van der Waals surface area contributed by atoms with Crippen molar-refractivity contribution < 1.29 is 4.79 Å². The van der Waals surface area contributed by atoms with Crippen LogP contribution in [0.25, 0.3) is 11.2 Å². The van der Waals surface area contributed by atoms with E-state index in [1.807, 2.05) is 0 Å². The Balaban J connectivity index is 2.54. The molecule has 1 radical (unpaired) electrons. The first kappa shape index (κ1) is 12.3. The molecule has 1 N–H and O–H groups in total. The Morgan fingerprint density at radius 1 is 1.28 bits per heavy atom. The normalized spacial score (nSPS) is 11.0. The number of hydrogen-bond acceptors (Lipinski definition) is 4. The summed E-state index contributed by atoms with van der Waals surface area (Å²) in [5.41, 5.74) is -0.154. The van der Waals surface area contributed by atoms with E-state index in [2.05, 4.69) is 9.97 Å². The first-order chi connectivity index (χ1) is 8.56. The van der Waals surface area contributed by atoms with Crippen molar-refractivity contribution in [1.82, 2.24) is 19.1 Å². The van der Waals surface area contributed by atoms with Crippen molar-refractivity contribution in [2.75, 3.05) is 0 Å². The van der Waals surface area contributed by atoms with Crippen LogP contribution in [-0.4, -0.2) is 25.4 Å². The number of nitrogens with zero attached hydrogens (tertiary/aromatic N) is 3. The molecule has 0 spiro atoms. The van der Waals surface area contributed by atoms with Gasteiger partial charge >= 0.3 is 5.69 Å². The van der Waals surface area contributed by atoms with Crippen molar-refractivity contribution in [2.45, 2.75) is 19.3 Å². The molecule has 0 fully saturated rings. The van der Waals surface area contributed by atoms with Crippen LogP contribution in [0.5, 0.6) is 0 Å². The molecule has 18 heavy (non-hydrogen) atoms. The fourth-order valence-corrected chi connectivity index (χ4v) is 1.82. The predicted octanol–water partition coefficient (Wildman–Crippen LogP) is -0.607. The highest BCUT2D eigenvalue weighted by Crippen LogP contribution is 2.06. The second kappa shape index (κ2) is 4.59. The van der Waals surface area contributed by atoms with Crippen LogP contribution in [0.4, 0.5) is 0 Å². The number of aromatic amines is 1. The first-order valence-electron chi connectivity index (χ1n) is 5.56. The maximum Gasteiger partial charge on any atom is 0.332 e. The number of rotatable bonds is 4. The van der Waals surface area contributed by atoms with Gasteiger partial charge in [-0.15, -0.1) is 0 Å². The SMILES string of the molecule is Cn1c(=O)c2[nH]c(CCC[C]=O)nc2n(C)c1=O. The standard InChI is InChI=1S/C11H13N4O3/c1-14-9-8(10(17)15(2)11(14)18)12-7(13-9)5-3-4-6-16/h3-5H2,1-2H3,(H,12,13). The van der Waals surface area contributed by atoms with Gasteiger partial charge in [0, 0.05) is 26.9 Å². The minimum atomic E-state index is -0.410. The molecule has 2 aromatic rings. The van der Waals surface area contributed by atoms with E-state index in [0.717, 1.165) is 4.57 Å². The van der Waals surface area contributed by atoms with E-state index in [-0.39, 0.29) is 0 Å². The molecule has 0 aliphatic heterocycles. The molecular weight excluding hydrogens is 236 g/mol. The van der Waals surface area contributed by atoms with Gasteiger partial charge in [0.15, 0.2) is 11.9 Å². The second-order valence-corrected chi connectivity index (χ2v) is 4.09. The van der Waals surface area contributed by atoms with Gasteiger partial charge in [-0.3, -0.25) is 18.7 Å². The van der Waals surface area contributed by atoms with Crippen molar-refractivity contribution in [3.05, 3.63) is 26.7 Å². The number of aromatic nitrogens is 4. The molecule has 95 valence electrons. The molecule has 0 atom stereocenters. The molecule has 0 amide bonds. The van der Waals surface area contributed by atoms with E-state index in [9.17, 15) is 14.4 Å². The number of unbranched alkanes of at least 4 members (excludes halogenated alkanes) is 1. The molecule has 0 aliphatic rings. The third kappa shape index (κ3) is 1.87. The van der Waals surface area contributed by atoms with Crippen LogP contribution in [0.3, 0.4) is 0 Å². The van der Waals surface area contributed by atoms with Crippen molar-refractivity contribution in [3.8, 4) is 0 Å². The van der Waals surface area contributed by atoms with E-state index >= 15 is 0 Å². The highest BCUT2D eigenvalue weighted by molar-refractivity contribution is 5.69. The van der Waals surface area contributed by atoms with Gasteiger partial charge in [0.2, 0.25) is 0 Å². The van der Waals surface area contributed by atoms with E-state index in [1.54, 1.807) is 13.3 Å². The topological polar surface area (TPSA) is 89.8 Å². The van der Waals surface area contributed by atoms with Crippen molar-refractivity contribution in [2.24, 2.45) is 14.1 Å². The third-order valence-corrected chi connectivity index (χ3v) is 2.84. The van der Waals surface area contributed by atoms with E-state index in [1.165, 1.54) is 11.6 Å². The lowest BCUT2D eigenvalue weighted by atomic mass is 10.2. The zero-order valence-corrected chi connectivity index (χ0v) is 10.2. The van der Waals surface area contributed by atoms with Gasteiger partial charge in [-0.1, -0.05) is 0 Å². The summed E-state index contributed by atoms with van der Waals surface area (Å²) < 4.78 is 2.35. The summed E-state index contributed by atoms with van der Waals surface area (Å²) in [5, 5.41) is 0. The fourth-order valence-electron chi connectivity index (χ4n) is 1.82. The largest absolute Gasteiger partial charge is 0.336 e. The number of fused-ring (bicyclic) bond motifs is 1. The number of nitrogens with one attached hydrogen (secondary N) is 1.